The molecule has 1 aromatic carbocycles. The van der Waals surface area contributed by atoms with Crippen molar-refractivity contribution < 1.29 is 4.79 Å². The lowest BCUT2D eigenvalue weighted by Gasteiger charge is -2.12. The molecule has 0 fully saturated rings. The van der Waals surface area contributed by atoms with Gasteiger partial charge >= 0.3 is 0 Å². The number of amides is 1. The summed E-state index contributed by atoms with van der Waals surface area (Å²) in [5.41, 5.74) is 7.67. The van der Waals surface area contributed by atoms with E-state index >= 15 is 0 Å². The third-order valence-electron chi connectivity index (χ3n) is 4.10. The molecule has 142 valence electrons. The standard InChI is InChI=1S/C19H29N5OS/c1-14(2)13-24-17(22-23-19(24)26-3)9-6-12-21-18(25)11-10-15-7-4-5-8-16(15)20/h4-5,7-8,14H,6,9-13,20H2,1-3H3,(H,21,25). The number of carbonyl (C=O) groups excluding carboxylic acids is 1. The van der Waals surface area contributed by atoms with Gasteiger partial charge in [-0.3, -0.25) is 4.79 Å². The molecule has 6 nitrogen and oxygen atoms in total. The van der Waals surface area contributed by atoms with Gasteiger partial charge in [0.25, 0.3) is 0 Å². The van der Waals surface area contributed by atoms with Gasteiger partial charge in [0.05, 0.1) is 0 Å². The fourth-order valence-electron chi connectivity index (χ4n) is 2.78. The average molecular weight is 376 g/mol. The molecule has 0 saturated heterocycles. The second-order valence-electron chi connectivity index (χ2n) is 6.76. The van der Waals surface area contributed by atoms with Crippen LogP contribution < -0.4 is 11.1 Å². The van der Waals surface area contributed by atoms with Crippen LogP contribution in [0, 0.1) is 5.92 Å². The maximum atomic E-state index is 12.0. The fourth-order valence-corrected chi connectivity index (χ4v) is 3.30. The molecule has 0 saturated carbocycles. The molecular weight excluding hydrogens is 346 g/mol. The molecule has 0 bridgehead atoms. The van der Waals surface area contributed by atoms with E-state index < -0.39 is 0 Å². The van der Waals surface area contributed by atoms with E-state index in [1.165, 1.54) is 0 Å². The molecule has 2 rings (SSSR count). The number of thioether (sulfide) groups is 1. The van der Waals surface area contributed by atoms with Crippen molar-refractivity contribution in [2.24, 2.45) is 5.92 Å². The Kier molecular flexibility index (Phi) is 7.97. The van der Waals surface area contributed by atoms with Gasteiger partial charge in [-0.1, -0.05) is 43.8 Å². The molecule has 0 unspecified atom stereocenters. The molecular formula is C19H29N5OS. The van der Waals surface area contributed by atoms with Crippen LogP contribution in [0.15, 0.2) is 29.4 Å². The maximum absolute atomic E-state index is 12.0. The minimum Gasteiger partial charge on any atom is -0.399 e. The molecule has 1 heterocycles. The number of nitrogen functional groups attached to an aromatic ring is 1. The summed E-state index contributed by atoms with van der Waals surface area (Å²) in [6, 6.07) is 7.68. The Labute approximate surface area is 160 Å². The van der Waals surface area contributed by atoms with Crippen LogP contribution in [0.5, 0.6) is 0 Å². The van der Waals surface area contributed by atoms with Crippen LogP contribution in [0.1, 0.15) is 38.1 Å². The zero-order valence-corrected chi connectivity index (χ0v) is 16.7. The summed E-state index contributed by atoms with van der Waals surface area (Å²) in [5.74, 6) is 1.59. The second-order valence-corrected chi connectivity index (χ2v) is 7.53. The van der Waals surface area contributed by atoms with Gasteiger partial charge in [-0.05, 0) is 36.6 Å². The smallest absolute Gasteiger partial charge is 0.220 e. The van der Waals surface area contributed by atoms with Gasteiger partial charge in [0.1, 0.15) is 5.82 Å². The number of aromatic nitrogens is 3. The molecule has 0 atom stereocenters. The summed E-state index contributed by atoms with van der Waals surface area (Å²) in [6.07, 6.45) is 4.80. The fraction of sp³-hybridized carbons (Fsp3) is 0.526. The van der Waals surface area contributed by atoms with Gasteiger partial charge in [-0.2, -0.15) is 0 Å². The van der Waals surface area contributed by atoms with Crippen LogP contribution >= 0.6 is 11.8 Å². The van der Waals surface area contributed by atoms with Crippen molar-refractivity contribution in [2.45, 2.75) is 51.2 Å². The summed E-state index contributed by atoms with van der Waals surface area (Å²) < 4.78 is 2.19. The Morgan fingerprint density at radius 3 is 2.73 bits per heavy atom. The first-order chi connectivity index (χ1) is 12.5. The summed E-state index contributed by atoms with van der Waals surface area (Å²) in [6.45, 7) is 5.94. The Balaban J connectivity index is 1.74. The van der Waals surface area contributed by atoms with E-state index in [-0.39, 0.29) is 5.91 Å². The highest BCUT2D eigenvalue weighted by Crippen LogP contribution is 2.16. The summed E-state index contributed by atoms with van der Waals surface area (Å²) in [4.78, 5) is 12.0. The number of benzene rings is 1. The van der Waals surface area contributed by atoms with E-state index in [4.69, 9.17) is 5.73 Å². The van der Waals surface area contributed by atoms with Crippen molar-refractivity contribution in [3.63, 3.8) is 0 Å². The van der Waals surface area contributed by atoms with Crippen LogP contribution in [0.3, 0.4) is 0 Å². The highest BCUT2D eigenvalue weighted by atomic mass is 32.2. The van der Waals surface area contributed by atoms with Crippen LogP contribution in [0.2, 0.25) is 0 Å². The van der Waals surface area contributed by atoms with Crippen LogP contribution in [-0.2, 0) is 24.2 Å². The lowest BCUT2D eigenvalue weighted by atomic mass is 10.1. The Hall–Kier alpha value is -2.02. The predicted octanol–water partition coefficient (Wildman–Crippen LogP) is 2.92. The monoisotopic (exact) mass is 375 g/mol. The molecule has 2 aromatic rings. The van der Waals surface area contributed by atoms with Crippen molar-refractivity contribution in [3.8, 4) is 0 Å². The average Bonchev–Trinajstić information content (AvgIpc) is 2.99. The van der Waals surface area contributed by atoms with E-state index in [1.807, 2.05) is 30.5 Å². The Morgan fingerprint density at radius 1 is 1.27 bits per heavy atom. The normalized spacial score (nSPS) is 11.1. The van der Waals surface area contributed by atoms with Crippen LogP contribution in [-0.4, -0.2) is 33.5 Å². The zero-order valence-electron chi connectivity index (χ0n) is 15.9. The molecule has 0 spiro atoms. The molecule has 0 aliphatic heterocycles. The Bertz CT molecular complexity index is 714. The van der Waals surface area contributed by atoms with Crippen molar-refractivity contribution in [3.05, 3.63) is 35.7 Å². The number of nitrogens with zero attached hydrogens (tertiary/aromatic N) is 3. The summed E-state index contributed by atoms with van der Waals surface area (Å²) >= 11 is 1.62. The number of aryl methyl sites for hydroxylation is 2. The molecule has 3 N–H and O–H groups in total. The van der Waals surface area contributed by atoms with Gasteiger partial charge in [-0.25, -0.2) is 0 Å². The van der Waals surface area contributed by atoms with Gasteiger partial charge in [0, 0.05) is 31.6 Å². The van der Waals surface area contributed by atoms with Gasteiger partial charge in [0.2, 0.25) is 5.91 Å². The topological polar surface area (TPSA) is 85.8 Å². The van der Waals surface area contributed by atoms with Gasteiger partial charge < -0.3 is 15.6 Å². The first-order valence-corrected chi connectivity index (χ1v) is 10.3. The second kappa shape index (κ2) is 10.2. The van der Waals surface area contributed by atoms with E-state index in [1.54, 1.807) is 11.8 Å². The molecule has 0 aliphatic carbocycles. The van der Waals surface area contributed by atoms with Gasteiger partial charge in [0.15, 0.2) is 5.16 Å². The minimum atomic E-state index is 0.0571. The molecule has 1 amide bonds. The number of anilines is 1. The van der Waals surface area contributed by atoms with Crippen molar-refractivity contribution >= 4 is 23.4 Å². The first kappa shape index (κ1) is 20.3. The lowest BCUT2D eigenvalue weighted by molar-refractivity contribution is -0.121. The number of rotatable bonds is 10. The lowest BCUT2D eigenvalue weighted by Crippen LogP contribution is -2.25. The van der Waals surface area contributed by atoms with E-state index in [0.29, 0.717) is 25.3 Å². The van der Waals surface area contributed by atoms with Crippen molar-refractivity contribution in [2.75, 3.05) is 18.5 Å². The predicted molar refractivity (Wildman–Crippen MR) is 107 cm³/mol. The van der Waals surface area contributed by atoms with Crippen molar-refractivity contribution in [1.82, 2.24) is 20.1 Å². The first-order valence-electron chi connectivity index (χ1n) is 9.07. The minimum absolute atomic E-state index is 0.0571. The van der Waals surface area contributed by atoms with E-state index in [2.05, 4.69) is 33.9 Å². The maximum Gasteiger partial charge on any atom is 0.220 e. The molecule has 0 radical (unpaired) electrons. The summed E-state index contributed by atoms with van der Waals surface area (Å²) in [5, 5.41) is 12.5. The largest absolute Gasteiger partial charge is 0.399 e. The summed E-state index contributed by atoms with van der Waals surface area (Å²) in [7, 11) is 0. The third kappa shape index (κ3) is 6.05. The van der Waals surface area contributed by atoms with E-state index in [0.717, 1.165) is 41.6 Å². The number of nitrogens with two attached hydrogens (primary N) is 1. The number of carbonyl (C=O) groups is 1. The van der Waals surface area contributed by atoms with Crippen LogP contribution in [0.25, 0.3) is 0 Å². The SMILES string of the molecule is CSc1nnc(CCCNC(=O)CCc2ccccc2N)n1CC(C)C. The van der Waals surface area contributed by atoms with Crippen LogP contribution in [0.4, 0.5) is 5.69 Å². The third-order valence-corrected chi connectivity index (χ3v) is 4.77. The number of para-hydroxylation sites is 1. The number of hydrogen-bond donors (Lipinski definition) is 2. The quantitative estimate of drug-likeness (QED) is 0.379. The molecule has 1 aromatic heterocycles. The highest BCUT2D eigenvalue weighted by Gasteiger charge is 2.12. The number of hydrogen-bond acceptors (Lipinski definition) is 5. The Morgan fingerprint density at radius 2 is 2.04 bits per heavy atom. The number of nitrogens with one attached hydrogen (secondary N) is 1. The van der Waals surface area contributed by atoms with Gasteiger partial charge in [-0.15, -0.1) is 10.2 Å². The molecule has 0 aliphatic rings. The zero-order chi connectivity index (χ0) is 18.9. The van der Waals surface area contributed by atoms with E-state index in [9.17, 15) is 4.79 Å². The molecule has 7 heteroatoms. The van der Waals surface area contributed by atoms with Crippen molar-refractivity contribution in [1.29, 1.82) is 0 Å². The highest BCUT2D eigenvalue weighted by molar-refractivity contribution is 7.98. The molecule has 26 heavy (non-hydrogen) atoms.